The number of aromatic nitrogens is 2. The molecule has 3 nitrogen and oxygen atoms in total. The minimum absolute atomic E-state index is 0.0881. The highest BCUT2D eigenvalue weighted by Crippen LogP contribution is 2.19. The molecule has 0 fully saturated rings. The number of nitrogens with zero attached hydrogens (tertiary/aromatic N) is 2. The molecular weight excluding hydrogens is 258 g/mol. The van der Waals surface area contributed by atoms with Gasteiger partial charge in [-0.1, -0.05) is 29.8 Å². The van der Waals surface area contributed by atoms with Gasteiger partial charge in [0.1, 0.15) is 0 Å². The smallest absolute Gasteiger partial charge is 0.0819 e. The number of benzene rings is 1. The van der Waals surface area contributed by atoms with Crippen molar-refractivity contribution in [2.75, 3.05) is 0 Å². The van der Waals surface area contributed by atoms with E-state index in [2.05, 4.69) is 43.3 Å². The highest BCUT2D eigenvalue weighted by atomic mass is 35.5. The second kappa shape index (κ2) is 5.35. The molecule has 0 aliphatic carbocycles. The Morgan fingerprint density at radius 2 is 1.95 bits per heavy atom. The van der Waals surface area contributed by atoms with E-state index in [-0.39, 0.29) is 5.54 Å². The van der Waals surface area contributed by atoms with E-state index < -0.39 is 0 Å². The van der Waals surface area contributed by atoms with Crippen molar-refractivity contribution in [1.29, 1.82) is 0 Å². The normalized spacial score (nSPS) is 11.8. The molecule has 2 rings (SSSR count). The predicted molar refractivity (Wildman–Crippen MR) is 79.9 cm³/mol. The van der Waals surface area contributed by atoms with Crippen molar-refractivity contribution >= 4 is 11.6 Å². The second-order valence-electron chi connectivity index (χ2n) is 5.74. The maximum Gasteiger partial charge on any atom is 0.0819 e. The number of halogens is 1. The predicted octanol–water partition coefficient (Wildman–Crippen LogP) is 3.72. The van der Waals surface area contributed by atoms with Gasteiger partial charge in [-0.25, -0.2) is 4.68 Å². The quantitative estimate of drug-likeness (QED) is 0.927. The summed E-state index contributed by atoms with van der Waals surface area (Å²) in [5, 5.41) is 8.63. The summed E-state index contributed by atoms with van der Waals surface area (Å²) in [6, 6.07) is 8.23. The van der Waals surface area contributed by atoms with Crippen LogP contribution in [0.5, 0.6) is 0 Å². The molecule has 0 spiro atoms. The fourth-order valence-corrected chi connectivity index (χ4v) is 1.94. The molecule has 0 radical (unpaired) electrons. The molecule has 1 heterocycles. The molecule has 2 aromatic rings. The Hall–Kier alpha value is -1.32. The maximum atomic E-state index is 6.08. The van der Waals surface area contributed by atoms with E-state index in [1.807, 2.05) is 29.9 Å². The van der Waals surface area contributed by atoms with Crippen LogP contribution in [-0.4, -0.2) is 15.3 Å². The lowest BCUT2D eigenvalue weighted by Gasteiger charge is -2.21. The van der Waals surface area contributed by atoms with Gasteiger partial charge < -0.3 is 5.32 Å². The zero-order valence-corrected chi connectivity index (χ0v) is 12.6. The van der Waals surface area contributed by atoms with Crippen LogP contribution in [0, 0.1) is 6.92 Å². The first-order chi connectivity index (χ1) is 8.87. The Morgan fingerprint density at radius 1 is 1.26 bits per heavy atom. The number of aryl methyl sites for hydroxylation is 1. The van der Waals surface area contributed by atoms with Crippen molar-refractivity contribution in [3.63, 3.8) is 0 Å². The average molecular weight is 278 g/mol. The summed E-state index contributed by atoms with van der Waals surface area (Å²) >= 11 is 6.08. The Balaban J connectivity index is 2.31. The Kier molecular flexibility index (Phi) is 3.97. The van der Waals surface area contributed by atoms with Crippen LogP contribution in [-0.2, 0) is 6.54 Å². The highest BCUT2D eigenvalue weighted by molar-refractivity contribution is 6.31. The molecule has 102 valence electrons. The number of rotatable bonds is 3. The third-order valence-electron chi connectivity index (χ3n) is 2.89. The van der Waals surface area contributed by atoms with Gasteiger partial charge in [0.05, 0.1) is 16.4 Å². The third kappa shape index (κ3) is 3.58. The summed E-state index contributed by atoms with van der Waals surface area (Å²) in [5.41, 5.74) is 3.20. The van der Waals surface area contributed by atoms with Crippen LogP contribution in [0.2, 0.25) is 5.02 Å². The molecule has 4 heteroatoms. The van der Waals surface area contributed by atoms with Crippen LogP contribution in [0.4, 0.5) is 0 Å². The monoisotopic (exact) mass is 277 g/mol. The summed E-state index contributed by atoms with van der Waals surface area (Å²) in [6.07, 6.45) is 1.85. The lowest BCUT2D eigenvalue weighted by atomic mass is 10.1. The molecule has 1 N–H and O–H groups in total. The van der Waals surface area contributed by atoms with E-state index in [0.717, 1.165) is 17.9 Å². The number of nitrogens with one attached hydrogen (secondary N) is 1. The Morgan fingerprint density at radius 3 is 2.53 bits per heavy atom. The van der Waals surface area contributed by atoms with Gasteiger partial charge in [-0.05, 0) is 39.3 Å². The van der Waals surface area contributed by atoms with E-state index >= 15 is 0 Å². The molecular formula is C15H20ClN3. The fraction of sp³-hybridized carbons (Fsp3) is 0.400. The fourth-order valence-electron chi connectivity index (χ4n) is 1.81. The van der Waals surface area contributed by atoms with Crippen LogP contribution in [0.25, 0.3) is 5.69 Å². The van der Waals surface area contributed by atoms with Gasteiger partial charge in [0.15, 0.2) is 0 Å². The van der Waals surface area contributed by atoms with Gasteiger partial charge in [-0.3, -0.25) is 0 Å². The van der Waals surface area contributed by atoms with E-state index in [1.54, 1.807) is 0 Å². The maximum absolute atomic E-state index is 6.08. The molecule has 0 unspecified atom stereocenters. The van der Waals surface area contributed by atoms with Crippen LogP contribution in [0.3, 0.4) is 0 Å². The summed E-state index contributed by atoms with van der Waals surface area (Å²) < 4.78 is 1.84. The van der Waals surface area contributed by atoms with Crippen molar-refractivity contribution < 1.29 is 0 Å². The summed E-state index contributed by atoms with van der Waals surface area (Å²) in [7, 11) is 0. The molecule has 0 saturated carbocycles. The minimum Gasteiger partial charge on any atom is -0.308 e. The summed E-state index contributed by atoms with van der Waals surface area (Å²) in [4.78, 5) is 0. The number of hydrogen-bond acceptors (Lipinski definition) is 2. The van der Waals surface area contributed by atoms with Crippen LogP contribution in [0.1, 0.15) is 32.0 Å². The summed E-state index contributed by atoms with van der Waals surface area (Å²) in [6.45, 7) is 9.19. The van der Waals surface area contributed by atoms with Gasteiger partial charge in [0.25, 0.3) is 0 Å². The molecule has 0 aliphatic rings. The van der Waals surface area contributed by atoms with E-state index in [9.17, 15) is 0 Å². The third-order valence-corrected chi connectivity index (χ3v) is 3.26. The van der Waals surface area contributed by atoms with Crippen molar-refractivity contribution in [2.24, 2.45) is 0 Å². The molecule has 0 amide bonds. The van der Waals surface area contributed by atoms with Crippen LogP contribution >= 0.6 is 11.6 Å². The Labute approximate surface area is 119 Å². The molecule has 19 heavy (non-hydrogen) atoms. The second-order valence-corrected chi connectivity index (χ2v) is 6.15. The average Bonchev–Trinajstić information content (AvgIpc) is 2.66. The van der Waals surface area contributed by atoms with Gasteiger partial charge in [0, 0.05) is 18.3 Å². The molecule has 0 atom stereocenters. The number of hydrogen-bond donors (Lipinski definition) is 1. The molecule has 0 saturated heterocycles. The lowest BCUT2D eigenvalue weighted by Crippen LogP contribution is -2.35. The van der Waals surface area contributed by atoms with Crippen molar-refractivity contribution in [3.8, 4) is 5.69 Å². The zero-order chi connectivity index (χ0) is 14.0. The first kappa shape index (κ1) is 14.1. The van der Waals surface area contributed by atoms with Crippen LogP contribution in [0.15, 0.2) is 30.5 Å². The van der Waals surface area contributed by atoms with Crippen molar-refractivity contribution in [1.82, 2.24) is 15.1 Å². The van der Waals surface area contributed by atoms with Gasteiger partial charge in [0.2, 0.25) is 0 Å². The van der Waals surface area contributed by atoms with Crippen LogP contribution < -0.4 is 5.32 Å². The summed E-state index contributed by atoms with van der Waals surface area (Å²) in [5.74, 6) is 0. The molecule has 1 aromatic heterocycles. The first-order valence-corrected chi connectivity index (χ1v) is 6.80. The topological polar surface area (TPSA) is 29.9 Å². The van der Waals surface area contributed by atoms with Crippen molar-refractivity contribution in [3.05, 3.63) is 46.7 Å². The van der Waals surface area contributed by atoms with E-state index in [1.165, 1.54) is 5.56 Å². The minimum atomic E-state index is 0.0881. The lowest BCUT2D eigenvalue weighted by molar-refractivity contribution is 0.424. The van der Waals surface area contributed by atoms with Crippen molar-refractivity contribution in [2.45, 2.75) is 39.8 Å². The standard InChI is InChI=1S/C15H20ClN3/c1-11-13(16)10-19(18-11)14-8-6-5-7-12(14)9-17-15(2,3)4/h5-8,10,17H,9H2,1-4H3. The van der Waals surface area contributed by atoms with Gasteiger partial charge >= 0.3 is 0 Å². The molecule has 1 aromatic carbocycles. The van der Waals surface area contributed by atoms with Gasteiger partial charge in [-0.2, -0.15) is 5.10 Å². The van der Waals surface area contributed by atoms with E-state index in [0.29, 0.717) is 5.02 Å². The van der Waals surface area contributed by atoms with Gasteiger partial charge in [-0.15, -0.1) is 0 Å². The number of para-hydroxylation sites is 1. The Bertz CT molecular complexity index is 548. The highest BCUT2D eigenvalue weighted by Gasteiger charge is 2.12. The SMILES string of the molecule is Cc1nn(-c2ccccc2CNC(C)(C)C)cc1Cl. The molecule has 0 bridgehead atoms. The van der Waals surface area contributed by atoms with E-state index in [4.69, 9.17) is 11.6 Å². The molecule has 0 aliphatic heterocycles. The first-order valence-electron chi connectivity index (χ1n) is 6.42. The largest absolute Gasteiger partial charge is 0.308 e. The zero-order valence-electron chi connectivity index (χ0n) is 11.9.